The van der Waals surface area contributed by atoms with Crippen LogP contribution in [0.1, 0.15) is 34.7 Å². The van der Waals surface area contributed by atoms with E-state index in [1.807, 2.05) is 34.4 Å². The number of halogens is 1. The van der Waals surface area contributed by atoms with Gasteiger partial charge in [0.05, 0.1) is 5.39 Å². The highest BCUT2D eigenvalue weighted by atomic mass is 35.5. The molecule has 0 bridgehead atoms. The van der Waals surface area contributed by atoms with E-state index < -0.39 is 0 Å². The molecule has 8 heteroatoms. The fourth-order valence-electron chi connectivity index (χ4n) is 5.12. The first-order chi connectivity index (χ1) is 17.6. The Morgan fingerprint density at radius 1 is 0.944 bits per heavy atom. The molecule has 0 radical (unpaired) electrons. The smallest absolute Gasteiger partial charge is 0.321 e. The third-order valence-electron chi connectivity index (χ3n) is 7.01. The molecule has 6 nitrogen and oxygen atoms in total. The van der Waals surface area contributed by atoms with Crippen LogP contribution >= 0.6 is 22.9 Å². The molecule has 1 aliphatic carbocycles. The molecule has 2 aromatic carbocycles. The molecule has 1 fully saturated rings. The molecule has 0 unspecified atom stereocenters. The van der Waals surface area contributed by atoms with Crippen LogP contribution in [0.5, 0.6) is 0 Å². The lowest BCUT2D eigenvalue weighted by molar-refractivity contribution is 0.208. The Kier molecular flexibility index (Phi) is 6.50. The van der Waals surface area contributed by atoms with E-state index >= 15 is 0 Å². The van der Waals surface area contributed by atoms with Crippen LogP contribution in [0.15, 0.2) is 54.6 Å². The lowest BCUT2D eigenvalue weighted by atomic mass is 9.96. The summed E-state index contributed by atoms with van der Waals surface area (Å²) in [6.45, 7) is 2.78. The number of aromatic nitrogens is 2. The quantitative estimate of drug-likeness (QED) is 0.352. The fraction of sp³-hybridized carbons (Fsp3) is 0.321. The minimum Gasteiger partial charge on any atom is -0.352 e. The molecule has 3 heterocycles. The molecule has 36 heavy (non-hydrogen) atoms. The first-order valence-corrected chi connectivity index (χ1v) is 13.7. The van der Waals surface area contributed by atoms with Gasteiger partial charge in [-0.05, 0) is 61.1 Å². The standard InChI is InChI=1S/C28H28ClN5OS/c29-20-10-12-21(13-11-20)30-28(35)34-16-14-33(15-17-34)26-25-22-8-4-5-9-23(22)36-27(25)32-24(31-26)18-19-6-2-1-3-7-19/h1-3,6-7,10-13H,4-5,8-9,14-18H2,(H,30,35). The molecule has 6 rings (SSSR count). The zero-order valence-corrected chi connectivity index (χ0v) is 21.6. The number of urea groups is 1. The third-order valence-corrected chi connectivity index (χ3v) is 8.45. The summed E-state index contributed by atoms with van der Waals surface area (Å²) >= 11 is 7.82. The number of benzene rings is 2. The SMILES string of the molecule is O=C(Nc1ccc(Cl)cc1)N1CCN(c2nc(Cc3ccccc3)nc3sc4c(c23)CCCC4)CC1. The van der Waals surface area contributed by atoms with Gasteiger partial charge in [0.15, 0.2) is 0 Å². The summed E-state index contributed by atoms with van der Waals surface area (Å²) in [6, 6.07) is 17.5. The molecular weight excluding hydrogens is 490 g/mol. The van der Waals surface area contributed by atoms with Crippen LogP contribution in [0, 0.1) is 0 Å². The predicted octanol–water partition coefficient (Wildman–Crippen LogP) is 6.17. The molecule has 1 aliphatic heterocycles. The maximum Gasteiger partial charge on any atom is 0.321 e. The van der Waals surface area contributed by atoms with Crippen molar-refractivity contribution in [3.8, 4) is 0 Å². The number of thiophene rings is 1. The number of hydrogen-bond acceptors (Lipinski definition) is 5. The van der Waals surface area contributed by atoms with E-state index in [-0.39, 0.29) is 6.03 Å². The first kappa shape index (κ1) is 23.3. The summed E-state index contributed by atoms with van der Waals surface area (Å²) in [5.41, 5.74) is 3.41. The number of fused-ring (bicyclic) bond motifs is 3. The van der Waals surface area contributed by atoms with Gasteiger partial charge < -0.3 is 15.1 Å². The van der Waals surface area contributed by atoms with Crippen molar-refractivity contribution in [2.45, 2.75) is 32.1 Å². The van der Waals surface area contributed by atoms with Gasteiger partial charge in [0.25, 0.3) is 0 Å². The molecule has 2 aromatic heterocycles. The highest BCUT2D eigenvalue weighted by Crippen LogP contribution is 2.40. The highest BCUT2D eigenvalue weighted by Gasteiger charge is 2.27. The van der Waals surface area contributed by atoms with E-state index in [1.165, 1.54) is 34.2 Å². The Morgan fingerprint density at radius 3 is 2.47 bits per heavy atom. The summed E-state index contributed by atoms with van der Waals surface area (Å²) in [5, 5.41) is 4.88. The van der Waals surface area contributed by atoms with Crippen LogP contribution in [-0.2, 0) is 19.3 Å². The Morgan fingerprint density at radius 2 is 1.69 bits per heavy atom. The van der Waals surface area contributed by atoms with Crippen LogP contribution in [0.25, 0.3) is 10.2 Å². The van der Waals surface area contributed by atoms with E-state index in [4.69, 9.17) is 21.6 Å². The molecule has 0 spiro atoms. The van der Waals surface area contributed by atoms with Gasteiger partial charge in [-0.25, -0.2) is 14.8 Å². The van der Waals surface area contributed by atoms with Crippen molar-refractivity contribution < 1.29 is 4.79 Å². The molecule has 1 N–H and O–H groups in total. The summed E-state index contributed by atoms with van der Waals surface area (Å²) in [5.74, 6) is 1.91. The number of amides is 2. The molecule has 184 valence electrons. The van der Waals surface area contributed by atoms with E-state index in [1.54, 1.807) is 12.1 Å². The van der Waals surface area contributed by atoms with Gasteiger partial charge in [-0.3, -0.25) is 0 Å². The number of carbonyl (C=O) groups excluding carboxylic acids is 1. The highest BCUT2D eigenvalue weighted by molar-refractivity contribution is 7.19. The molecule has 1 saturated heterocycles. The number of carbonyl (C=O) groups is 1. The van der Waals surface area contributed by atoms with E-state index in [2.05, 4.69) is 34.5 Å². The number of anilines is 2. The lowest BCUT2D eigenvalue weighted by Gasteiger charge is -2.36. The van der Waals surface area contributed by atoms with Gasteiger partial charge in [0.2, 0.25) is 0 Å². The third kappa shape index (κ3) is 4.77. The second-order valence-corrected chi connectivity index (χ2v) is 10.9. The van der Waals surface area contributed by atoms with Gasteiger partial charge in [0, 0.05) is 48.2 Å². The molecule has 0 atom stereocenters. The van der Waals surface area contributed by atoms with Gasteiger partial charge in [-0.15, -0.1) is 11.3 Å². The zero-order chi connectivity index (χ0) is 24.5. The average molecular weight is 518 g/mol. The zero-order valence-electron chi connectivity index (χ0n) is 20.0. The van der Waals surface area contributed by atoms with E-state index in [0.717, 1.165) is 54.5 Å². The number of aryl methyl sites for hydroxylation is 2. The number of nitrogens with zero attached hydrogens (tertiary/aromatic N) is 4. The van der Waals surface area contributed by atoms with Crippen LogP contribution in [-0.4, -0.2) is 47.1 Å². The van der Waals surface area contributed by atoms with Crippen molar-refractivity contribution >= 4 is 50.7 Å². The first-order valence-electron chi connectivity index (χ1n) is 12.6. The number of nitrogens with one attached hydrogen (secondary N) is 1. The summed E-state index contributed by atoms with van der Waals surface area (Å²) in [7, 11) is 0. The van der Waals surface area contributed by atoms with Gasteiger partial charge >= 0.3 is 6.03 Å². The van der Waals surface area contributed by atoms with Crippen molar-refractivity contribution in [1.82, 2.24) is 14.9 Å². The second kappa shape index (κ2) is 10.1. The Balaban J connectivity index is 1.25. The molecule has 2 aliphatic rings. The lowest BCUT2D eigenvalue weighted by Crippen LogP contribution is -2.50. The molecule has 4 aromatic rings. The minimum atomic E-state index is -0.0810. The Labute approximate surface area is 219 Å². The number of hydrogen-bond donors (Lipinski definition) is 1. The summed E-state index contributed by atoms with van der Waals surface area (Å²) in [6.07, 6.45) is 5.44. The average Bonchev–Trinajstić information content (AvgIpc) is 3.29. The van der Waals surface area contributed by atoms with Crippen molar-refractivity contribution in [1.29, 1.82) is 0 Å². The molecule has 0 saturated carbocycles. The van der Waals surface area contributed by atoms with Crippen LogP contribution in [0.3, 0.4) is 0 Å². The topological polar surface area (TPSA) is 61.4 Å². The second-order valence-electron chi connectivity index (χ2n) is 9.43. The molecule has 2 amide bonds. The summed E-state index contributed by atoms with van der Waals surface area (Å²) in [4.78, 5) is 29.8. The maximum atomic E-state index is 12.9. The molecular formula is C28H28ClN5OS. The van der Waals surface area contributed by atoms with E-state index in [9.17, 15) is 4.79 Å². The predicted molar refractivity (Wildman–Crippen MR) is 148 cm³/mol. The minimum absolute atomic E-state index is 0.0810. The van der Waals surface area contributed by atoms with E-state index in [0.29, 0.717) is 18.1 Å². The fourth-order valence-corrected chi connectivity index (χ4v) is 6.53. The van der Waals surface area contributed by atoms with Gasteiger partial charge in [-0.1, -0.05) is 41.9 Å². The number of rotatable bonds is 4. The monoisotopic (exact) mass is 517 g/mol. The van der Waals surface area contributed by atoms with Gasteiger partial charge in [0.1, 0.15) is 16.5 Å². The Bertz CT molecular complexity index is 1380. The van der Waals surface area contributed by atoms with Crippen molar-refractivity contribution in [2.24, 2.45) is 0 Å². The Hall–Kier alpha value is -3.16. The van der Waals surface area contributed by atoms with Crippen LogP contribution in [0.4, 0.5) is 16.3 Å². The van der Waals surface area contributed by atoms with Crippen molar-refractivity contribution in [3.63, 3.8) is 0 Å². The van der Waals surface area contributed by atoms with Crippen LogP contribution < -0.4 is 10.2 Å². The largest absolute Gasteiger partial charge is 0.352 e. The number of piperazine rings is 1. The van der Waals surface area contributed by atoms with Crippen LogP contribution in [0.2, 0.25) is 5.02 Å². The maximum absolute atomic E-state index is 12.9. The summed E-state index contributed by atoms with van der Waals surface area (Å²) < 4.78 is 0. The van der Waals surface area contributed by atoms with Crippen molar-refractivity contribution in [3.05, 3.63) is 81.4 Å². The van der Waals surface area contributed by atoms with Crippen molar-refractivity contribution in [2.75, 3.05) is 36.4 Å². The normalized spacial score (nSPS) is 15.7. The van der Waals surface area contributed by atoms with Gasteiger partial charge in [-0.2, -0.15) is 0 Å².